The second-order valence-corrected chi connectivity index (χ2v) is 10.2. The average Bonchev–Trinajstić information content (AvgIpc) is 2.94. The van der Waals surface area contributed by atoms with Crippen molar-refractivity contribution in [1.82, 2.24) is 15.0 Å². The molecule has 3 aromatic heterocycles. The topological polar surface area (TPSA) is 99.4 Å². The van der Waals surface area contributed by atoms with Gasteiger partial charge in [-0.2, -0.15) is 0 Å². The standard InChI is InChI=1S/3C9H5Cl2NO.Nd/c3*10-6-4-7(11)9(13)8-5(6)2-1-3-12-8;/h3*1-4,13H;. The molecule has 0 atom stereocenters. The van der Waals surface area contributed by atoms with E-state index in [4.69, 9.17) is 69.6 Å². The number of hydrogen-bond donors (Lipinski definition) is 3. The molecule has 6 nitrogen and oxygen atoms in total. The molecule has 0 aliphatic carbocycles. The molecule has 3 aromatic carbocycles. The van der Waals surface area contributed by atoms with Crippen molar-refractivity contribution in [2.45, 2.75) is 0 Å². The second kappa shape index (κ2) is 14.5. The summed E-state index contributed by atoms with van der Waals surface area (Å²) < 4.78 is 0. The zero-order valence-corrected chi connectivity index (χ0v) is 27.6. The summed E-state index contributed by atoms with van der Waals surface area (Å²) in [4.78, 5) is 12.0. The number of phenolic OH excluding ortho intramolecular Hbond substituents is 3. The van der Waals surface area contributed by atoms with E-state index in [0.29, 0.717) is 47.8 Å². The number of fused-ring (bicyclic) bond motifs is 3. The number of pyridine rings is 3. The van der Waals surface area contributed by atoms with Crippen molar-refractivity contribution in [2.75, 3.05) is 0 Å². The van der Waals surface area contributed by atoms with E-state index in [-0.39, 0.29) is 73.2 Å². The van der Waals surface area contributed by atoms with Gasteiger partial charge in [-0.1, -0.05) is 69.6 Å². The van der Waals surface area contributed by atoms with E-state index in [2.05, 4.69) is 15.0 Å². The normalized spacial score (nSPS) is 10.3. The van der Waals surface area contributed by atoms with Gasteiger partial charge in [0.15, 0.2) is 17.2 Å². The molecular weight excluding hydrogens is 771 g/mol. The van der Waals surface area contributed by atoms with Gasteiger partial charge in [0.1, 0.15) is 16.6 Å². The maximum absolute atomic E-state index is 9.53. The quantitative estimate of drug-likeness (QED) is 0.142. The van der Waals surface area contributed by atoms with Crippen LogP contribution >= 0.6 is 69.6 Å². The Labute approximate surface area is 290 Å². The van der Waals surface area contributed by atoms with Crippen LogP contribution in [-0.4, -0.2) is 30.3 Å². The van der Waals surface area contributed by atoms with Crippen LogP contribution in [0.2, 0.25) is 30.1 Å². The molecule has 0 spiro atoms. The number of nitrogens with zero attached hydrogens (tertiary/aromatic N) is 3. The third-order valence-electron chi connectivity index (χ3n) is 5.31. The summed E-state index contributed by atoms with van der Waals surface area (Å²) in [6.45, 7) is 0. The van der Waals surface area contributed by atoms with Crippen molar-refractivity contribution >= 4 is 102 Å². The third-order valence-corrected chi connectivity index (χ3v) is 7.11. The zero-order chi connectivity index (χ0) is 28.3. The monoisotopic (exact) mass is 781 g/mol. The van der Waals surface area contributed by atoms with Gasteiger partial charge < -0.3 is 15.3 Å². The Kier molecular flexibility index (Phi) is 11.9. The Balaban J connectivity index is 0.000000163. The summed E-state index contributed by atoms with van der Waals surface area (Å²) in [7, 11) is 0. The molecule has 13 heteroatoms. The zero-order valence-electron chi connectivity index (χ0n) is 19.9. The number of aromatic nitrogens is 3. The summed E-state index contributed by atoms with van der Waals surface area (Å²) in [5.41, 5.74) is 1.29. The van der Waals surface area contributed by atoms with E-state index in [0.717, 1.165) is 0 Å². The first kappa shape index (κ1) is 32.9. The van der Waals surface area contributed by atoms with E-state index in [1.54, 1.807) is 55.0 Å². The molecule has 0 saturated carbocycles. The van der Waals surface area contributed by atoms with Crippen LogP contribution in [0.1, 0.15) is 0 Å². The van der Waals surface area contributed by atoms with Crippen molar-refractivity contribution in [3.8, 4) is 17.2 Å². The first-order valence-corrected chi connectivity index (χ1v) is 13.1. The molecule has 3 N–H and O–H groups in total. The van der Waals surface area contributed by atoms with E-state index in [1.165, 1.54) is 18.2 Å². The van der Waals surface area contributed by atoms with E-state index in [1.807, 2.05) is 0 Å². The molecule has 6 rings (SSSR count). The number of benzene rings is 3. The first-order chi connectivity index (χ1) is 18.6. The molecule has 0 amide bonds. The van der Waals surface area contributed by atoms with Crippen molar-refractivity contribution < 1.29 is 56.2 Å². The molecule has 0 bridgehead atoms. The van der Waals surface area contributed by atoms with Crippen molar-refractivity contribution in [2.24, 2.45) is 0 Å². The van der Waals surface area contributed by atoms with Gasteiger partial charge in [0, 0.05) is 75.6 Å². The van der Waals surface area contributed by atoms with Gasteiger partial charge in [0.2, 0.25) is 0 Å². The van der Waals surface area contributed by atoms with Gasteiger partial charge >= 0.3 is 0 Å². The predicted octanol–water partition coefficient (Wildman–Crippen LogP) is 9.74. The van der Waals surface area contributed by atoms with Gasteiger partial charge in [-0.15, -0.1) is 0 Å². The molecule has 3 heterocycles. The summed E-state index contributed by atoms with van der Waals surface area (Å²) in [5.74, 6) is -0.0787. The molecule has 0 saturated heterocycles. The molecule has 0 unspecified atom stereocenters. The van der Waals surface area contributed by atoms with Crippen LogP contribution in [0.5, 0.6) is 17.2 Å². The van der Waals surface area contributed by atoms with Crippen LogP contribution in [0, 0.1) is 40.8 Å². The Morgan fingerprint density at radius 2 is 0.675 bits per heavy atom. The summed E-state index contributed by atoms with van der Waals surface area (Å²) in [5, 5.41) is 32.8. The fraction of sp³-hybridized carbons (Fsp3) is 0. The number of phenols is 3. The minimum absolute atomic E-state index is 0. The second-order valence-electron chi connectivity index (χ2n) is 7.77. The number of halogens is 6. The predicted molar refractivity (Wildman–Crippen MR) is 160 cm³/mol. The van der Waals surface area contributed by atoms with Gasteiger partial charge in [-0.05, 0) is 54.6 Å². The van der Waals surface area contributed by atoms with Crippen LogP contribution < -0.4 is 0 Å². The molecule has 0 aliphatic heterocycles. The summed E-state index contributed by atoms with van der Waals surface area (Å²) in [6, 6.07) is 15.1. The Bertz CT molecular complexity index is 1630. The van der Waals surface area contributed by atoms with E-state index < -0.39 is 0 Å². The molecular formula is C27H15Cl6N3NdO3. The molecule has 6 aromatic rings. The third kappa shape index (κ3) is 7.23. The largest absolute Gasteiger partial charge is 0.504 e. The molecule has 0 aliphatic rings. The minimum Gasteiger partial charge on any atom is -0.504 e. The Hall–Kier alpha value is -1.62. The fourth-order valence-corrected chi connectivity index (χ4v) is 5.02. The average molecular weight is 786 g/mol. The van der Waals surface area contributed by atoms with Crippen LogP contribution in [0.3, 0.4) is 0 Å². The van der Waals surface area contributed by atoms with Gasteiger partial charge in [0.25, 0.3) is 0 Å². The number of aromatic hydroxyl groups is 3. The summed E-state index contributed by atoms with van der Waals surface area (Å²) >= 11 is 34.9. The van der Waals surface area contributed by atoms with Crippen LogP contribution in [-0.2, 0) is 0 Å². The Morgan fingerprint density at radius 1 is 0.425 bits per heavy atom. The Morgan fingerprint density at radius 3 is 0.925 bits per heavy atom. The number of hydrogen-bond acceptors (Lipinski definition) is 6. The molecule has 40 heavy (non-hydrogen) atoms. The van der Waals surface area contributed by atoms with Gasteiger partial charge in [-0.25, -0.2) is 0 Å². The SMILES string of the molecule is Oc1c(Cl)cc(Cl)c2cccnc12.Oc1c(Cl)cc(Cl)c2cccnc12.Oc1c(Cl)cc(Cl)c2cccnc12.[Nd]. The van der Waals surface area contributed by atoms with Crippen molar-refractivity contribution in [3.63, 3.8) is 0 Å². The smallest absolute Gasteiger partial charge is 0.160 e. The maximum atomic E-state index is 9.53. The maximum Gasteiger partial charge on any atom is 0.160 e. The van der Waals surface area contributed by atoms with Crippen LogP contribution in [0.15, 0.2) is 73.2 Å². The first-order valence-electron chi connectivity index (χ1n) is 10.8. The van der Waals surface area contributed by atoms with E-state index in [9.17, 15) is 15.3 Å². The van der Waals surface area contributed by atoms with Gasteiger partial charge in [0.05, 0.1) is 30.1 Å². The van der Waals surface area contributed by atoms with Crippen molar-refractivity contribution in [1.29, 1.82) is 0 Å². The fourth-order valence-electron chi connectivity index (χ4n) is 3.47. The minimum atomic E-state index is -0.0262. The van der Waals surface area contributed by atoms with Crippen molar-refractivity contribution in [3.05, 3.63) is 103 Å². The van der Waals surface area contributed by atoms with Crippen LogP contribution in [0.4, 0.5) is 0 Å². The molecule has 0 fully saturated rings. The number of rotatable bonds is 0. The van der Waals surface area contributed by atoms with E-state index >= 15 is 0 Å². The van der Waals surface area contributed by atoms with Crippen LogP contribution in [0.25, 0.3) is 32.7 Å². The molecule has 0 radical (unpaired) electrons. The summed E-state index contributed by atoms with van der Waals surface area (Å²) in [6.07, 6.45) is 4.73. The van der Waals surface area contributed by atoms with Gasteiger partial charge in [-0.3, -0.25) is 15.0 Å². The molecule has 202 valence electrons.